The van der Waals surface area contributed by atoms with Crippen molar-refractivity contribution in [3.63, 3.8) is 0 Å². The summed E-state index contributed by atoms with van der Waals surface area (Å²) < 4.78 is 39.2. The molecule has 0 aromatic carbocycles. The van der Waals surface area contributed by atoms with Gasteiger partial charge in [-0.3, -0.25) is 14.1 Å². The average molecular weight is 287 g/mol. The standard InChI is InChI=1S/C9H10O7S.Mg/c1-9(17(12,13)14)4-5(10)6-7(8(9)11)16-3-2-15-6;/h2-4H2,1H3,(H,12,13,14);. The van der Waals surface area contributed by atoms with Crippen LogP contribution >= 0.6 is 0 Å². The highest BCUT2D eigenvalue weighted by Crippen LogP contribution is 2.35. The van der Waals surface area contributed by atoms with Gasteiger partial charge < -0.3 is 9.47 Å². The molecule has 0 spiro atoms. The van der Waals surface area contributed by atoms with E-state index in [1.807, 2.05) is 0 Å². The van der Waals surface area contributed by atoms with Crippen molar-refractivity contribution in [2.75, 3.05) is 13.2 Å². The van der Waals surface area contributed by atoms with E-state index in [9.17, 15) is 18.0 Å². The second-order valence-electron chi connectivity index (χ2n) is 3.99. The lowest BCUT2D eigenvalue weighted by molar-refractivity contribution is -0.133. The van der Waals surface area contributed by atoms with Crippen molar-refractivity contribution in [3.8, 4) is 0 Å². The summed E-state index contributed by atoms with van der Waals surface area (Å²) in [6, 6.07) is 0. The zero-order valence-electron chi connectivity index (χ0n) is 9.63. The van der Waals surface area contributed by atoms with Crippen LogP contribution in [0.2, 0.25) is 0 Å². The molecular weight excluding hydrogens is 276 g/mol. The van der Waals surface area contributed by atoms with E-state index in [2.05, 4.69) is 0 Å². The van der Waals surface area contributed by atoms with Gasteiger partial charge in [0.05, 0.1) is 0 Å². The molecule has 1 aliphatic carbocycles. The Morgan fingerprint density at radius 1 is 1.17 bits per heavy atom. The molecule has 1 aliphatic heterocycles. The normalized spacial score (nSPS) is 27.9. The molecule has 1 unspecified atom stereocenters. The van der Waals surface area contributed by atoms with Crippen molar-refractivity contribution < 1.29 is 32.0 Å². The lowest BCUT2D eigenvalue weighted by atomic mass is 9.90. The summed E-state index contributed by atoms with van der Waals surface area (Å²) in [7, 11) is -4.70. The minimum absolute atomic E-state index is 0. The molecule has 2 rings (SSSR count). The van der Waals surface area contributed by atoms with E-state index in [1.54, 1.807) is 0 Å². The van der Waals surface area contributed by atoms with Crippen molar-refractivity contribution >= 4 is 44.7 Å². The molecule has 1 heterocycles. The van der Waals surface area contributed by atoms with Crippen LogP contribution in [-0.4, -0.2) is 65.6 Å². The fourth-order valence-corrected chi connectivity index (χ4v) is 2.35. The van der Waals surface area contributed by atoms with Gasteiger partial charge in [0.2, 0.25) is 23.1 Å². The number of allylic oxidation sites excluding steroid dienone is 2. The molecule has 0 amide bonds. The third-order valence-electron chi connectivity index (χ3n) is 2.79. The van der Waals surface area contributed by atoms with Gasteiger partial charge in [-0.1, -0.05) is 0 Å². The highest BCUT2D eigenvalue weighted by Gasteiger charge is 2.55. The fourth-order valence-electron chi connectivity index (χ4n) is 1.71. The van der Waals surface area contributed by atoms with Gasteiger partial charge in [-0.05, 0) is 6.92 Å². The number of rotatable bonds is 1. The SMILES string of the molecule is CC1(S(=O)(=O)O)CC(=O)C2=C(OCCO2)C1=O.[Mg]. The monoisotopic (exact) mass is 286 g/mol. The summed E-state index contributed by atoms with van der Waals surface area (Å²) in [6.07, 6.45) is -0.646. The smallest absolute Gasteiger partial charge is 0.278 e. The Kier molecular flexibility index (Phi) is 4.11. The van der Waals surface area contributed by atoms with E-state index in [-0.39, 0.29) is 42.0 Å². The van der Waals surface area contributed by atoms with Crippen LogP contribution < -0.4 is 0 Å². The third-order valence-corrected chi connectivity index (χ3v) is 4.26. The van der Waals surface area contributed by atoms with E-state index in [0.717, 1.165) is 6.92 Å². The minimum atomic E-state index is -4.70. The van der Waals surface area contributed by atoms with Crippen LogP contribution in [0.25, 0.3) is 0 Å². The molecule has 2 aliphatic rings. The Morgan fingerprint density at radius 2 is 1.67 bits per heavy atom. The first-order chi connectivity index (χ1) is 7.77. The zero-order valence-corrected chi connectivity index (χ0v) is 11.9. The van der Waals surface area contributed by atoms with Gasteiger partial charge in [0.15, 0.2) is 4.75 Å². The second-order valence-corrected chi connectivity index (χ2v) is 5.84. The lowest BCUT2D eigenvalue weighted by Crippen LogP contribution is -2.51. The Balaban J connectivity index is 0.00000162. The molecule has 0 bridgehead atoms. The Labute approximate surface area is 119 Å². The molecule has 0 saturated heterocycles. The molecule has 0 saturated carbocycles. The number of carbonyl (C=O) groups excluding carboxylic acids is 2. The van der Waals surface area contributed by atoms with E-state index >= 15 is 0 Å². The van der Waals surface area contributed by atoms with Crippen LogP contribution in [-0.2, 0) is 29.2 Å². The molecule has 0 aromatic heterocycles. The van der Waals surface area contributed by atoms with Crippen LogP contribution in [0.15, 0.2) is 11.5 Å². The molecule has 96 valence electrons. The molecule has 0 aromatic rings. The van der Waals surface area contributed by atoms with Gasteiger partial charge in [-0.25, -0.2) is 0 Å². The van der Waals surface area contributed by atoms with Gasteiger partial charge >= 0.3 is 0 Å². The van der Waals surface area contributed by atoms with Crippen molar-refractivity contribution in [3.05, 3.63) is 11.5 Å². The number of carbonyl (C=O) groups is 2. The van der Waals surface area contributed by atoms with Gasteiger partial charge in [0.1, 0.15) is 13.2 Å². The molecule has 2 radical (unpaired) electrons. The second kappa shape index (κ2) is 4.80. The van der Waals surface area contributed by atoms with E-state index < -0.39 is 38.6 Å². The number of hydrogen-bond acceptors (Lipinski definition) is 6. The number of ether oxygens (including phenoxy) is 2. The minimum Gasteiger partial charge on any atom is -0.483 e. The molecule has 7 nitrogen and oxygen atoms in total. The lowest BCUT2D eigenvalue weighted by Gasteiger charge is -2.32. The fraction of sp³-hybridized carbons (Fsp3) is 0.556. The topological polar surface area (TPSA) is 107 Å². The number of hydrogen-bond donors (Lipinski definition) is 1. The van der Waals surface area contributed by atoms with Crippen LogP contribution in [0.4, 0.5) is 0 Å². The first kappa shape index (κ1) is 15.4. The van der Waals surface area contributed by atoms with Crippen LogP contribution in [0.5, 0.6) is 0 Å². The van der Waals surface area contributed by atoms with Crippen molar-refractivity contribution in [1.82, 2.24) is 0 Å². The first-order valence-electron chi connectivity index (χ1n) is 4.82. The van der Waals surface area contributed by atoms with E-state index in [1.165, 1.54) is 0 Å². The number of Topliss-reactive ketones (excluding diaryl/α,β-unsaturated/α-hetero) is 2. The van der Waals surface area contributed by atoms with Gasteiger partial charge in [-0.15, -0.1) is 0 Å². The largest absolute Gasteiger partial charge is 0.483 e. The summed E-state index contributed by atoms with van der Waals surface area (Å²) in [4.78, 5) is 23.6. The number of ketones is 2. The predicted octanol–water partition coefficient (Wildman–Crippen LogP) is -0.948. The maximum absolute atomic E-state index is 11.9. The summed E-state index contributed by atoms with van der Waals surface area (Å²) >= 11 is 0. The third kappa shape index (κ3) is 2.15. The van der Waals surface area contributed by atoms with Crippen molar-refractivity contribution in [2.24, 2.45) is 0 Å². The molecule has 1 N–H and O–H groups in total. The first-order valence-corrected chi connectivity index (χ1v) is 6.26. The molecular formula is C9H10MgO7S. The molecule has 0 fully saturated rings. The van der Waals surface area contributed by atoms with E-state index in [4.69, 9.17) is 14.0 Å². The maximum atomic E-state index is 11.9. The quantitative estimate of drug-likeness (QED) is 0.489. The summed E-state index contributed by atoms with van der Waals surface area (Å²) in [5, 5.41) is 0. The molecule has 1 atom stereocenters. The zero-order chi connectivity index (χ0) is 12.8. The van der Waals surface area contributed by atoms with E-state index in [0.29, 0.717) is 0 Å². The Bertz CT molecular complexity index is 535. The molecule has 18 heavy (non-hydrogen) atoms. The summed E-state index contributed by atoms with van der Waals surface area (Å²) in [5.41, 5.74) is 0. The van der Waals surface area contributed by atoms with Gasteiger partial charge in [0, 0.05) is 29.5 Å². The van der Waals surface area contributed by atoms with Gasteiger partial charge in [0.25, 0.3) is 10.1 Å². The molecule has 9 heteroatoms. The van der Waals surface area contributed by atoms with Crippen LogP contribution in [0.3, 0.4) is 0 Å². The Morgan fingerprint density at radius 3 is 2.17 bits per heavy atom. The average Bonchev–Trinajstić information content (AvgIpc) is 2.25. The Hall–Kier alpha value is -0.644. The highest BCUT2D eigenvalue weighted by molar-refractivity contribution is 7.88. The maximum Gasteiger partial charge on any atom is 0.278 e. The van der Waals surface area contributed by atoms with Crippen LogP contribution in [0, 0.1) is 0 Å². The van der Waals surface area contributed by atoms with Gasteiger partial charge in [-0.2, -0.15) is 8.42 Å². The van der Waals surface area contributed by atoms with Crippen molar-refractivity contribution in [2.45, 2.75) is 18.1 Å². The summed E-state index contributed by atoms with van der Waals surface area (Å²) in [6.45, 7) is 1.17. The van der Waals surface area contributed by atoms with Crippen LogP contribution in [0.1, 0.15) is 13.3 Å². The highest BCUT2D eigenvalue weighted by atomic mass is 32.2. The predicted molar refractivity (Wildman–Crippen MR) is 59.3 cm³/mol. The van der Waals surface area contributed by atoms with Crippen molar-refractivity contribution in [1.29, 1.82) is 0 Å². The summed E-state index contributed by atoms with van der Waals surface area (Å²) in [5.74, 6) is -2.27.